The lowest BCUT2D eigenvalue weighted by Gasteiger charge is -2.28. The molecule has 0 radical (unpaired) electrons. The third-order valence-electron chi connectivity index (χ3n) is 3.94. The molecule has 114 valence electrons. The molecule has 2 rings (SSSR count). The van der Waals surface area contributed by atoms with E-state index in [9.17, 15) is 13.2 Å². The van der Waals surface area contributed by atoms with E-state index in [1.54, 1.807) is 0 Å². The van der Waals surface area contributed by atoms with Crippen molar-refractivity contribution in [2.45, 2.75) is 63.6 Å². The van der Waals surface area contributed by atoms with E-state index in [0.717, 1.165) is 6.42 Å². The van der Waals surface area contributed by atoms with Gasteiger partial charge in [0.2, 0.25) is 5.89 Å². The Bertz CT molecular complexity index is 433. The van der Waals surface area contributed by atoms with Crippen LogP contribution in [0.15, 0.2) is 4.52 Å². The van der Waals surface area contributed by atoms with E-state index in [-0.39, 0.29) is 24.8 Å². The van der Waals surface area contributed by atoms with Gasteiger partial charge in [-0.3, -0.25) is 0 Å². The quantitative estimate of drug-likeness (QED) is 0.925. The van der Waals surface area contributed by atoms with Crippen molar-refractivity contribution in [3.05, 3.63) is 11.7 Å². The maximum absolute atomic E-state index is 12.8. The van der Waals surface area contributed by atoms with E-state index in [1.165, 1.54) is 0 Å². The van der Waals surface area contributed by atoms with Gasteiger partial charge >= 0.3 is 6.18 Å². The van der Waals surface area contributed by atoms with Crippen molar-refractivity contribution < 1.29 is 17.7 Å². The largest absolute Gasteiger partial charge is 0.391 e. The van der Waals surface area contributed by atoms with Gasteiger partial charge in [0, 0.05) is 18.4 Å². The second-order valence-electron chi connectivity index (χ2n) is 5.52. The summed E-state index contributed by atoms with van der Waals surface area (Å²) in [6, 6.07) is -0.0465. The van der Waals surface area contributed by atoms with Crippen LogP contribution in [-0.2, 0) is 6.42 Å². The van der Waals surface area contributed by atoms with Gasteiger partial charge in [-0.1, -0.05) is 18.5 Å². The van der Waals surface area contributed by atoms with Crippen molar-refractivity contribution in [2.24, 2.45) is 11.7 Å². The van der Waals surface area contributed by atoms with Crippen LogP contribution in [0.3, 0.4) is 0 Å². The van der Waals surface area contributed by atoms with E-state index < -0.39 is 12.1 Å². The Morgan fingerprint density at radius 3 is 2.80 bits per heavy atom. The molecule has 1 heterocycles. The van der Waals surface area contributed by atoms with Crippen molar-refractivity contribution in [3.63, 3.8) is 0 Å². The first-order valence-electron chi connectivity index (χ1n) is 7.05. The molecule has 1 aliphatic carbocycles. The Balaban J connectivity index is 2.01. The Kier molecular flexibility index (Phi) is 4.67. The first-order valence-corrected chi connectivity index (χ1v) is 7.05. The smallest absolute Gasteiger partial charge is 0.339 e. The van der Waals surface area contributed by atoms with E-state index in [4.69, 9.17) is 10.3 Å². The lowest BCUT2D eigenvalue weighted by molar-refractivity contribution is -0.183. The molecule has 1 aromatic rings. The van der Waals surface area contributed by atoms with Gasteiger partial charge in [0.25, 0.3) is 0 Å². The summed E-state index contributed by atoms with van der Waals surface area (Å²) >= 11 is 0. The number of hydrogen-bond acceptors (Lipinski definition) is 4. The molecule has 3 atom stereocenters. The number of halogens is 3. The molecule has 2 N–H and O–H groups in total. The lowest BCUT2D eigenvalue weighted by atomic mass is 9.81. The molecule has 20 heavy (non-hydrogen) atoms. The Morgan fingerprint density at radius 1 is 1.40 bits per heavy atom. The normalized spacial score (nSPS) is 25.6. The van der Waals surface area contributed by atoms with Crippen LogP contribution in [0.4, 0.5) is 13.2 Å². The third-order valence-corrected chi connectivity index (χ3v) is 3.94. The molecular formula is C13H20F3N3O. The molecular weight excluding hydrogens is 271 g/mol. The molecule has 1 saturated carbocycles. The molecule has 1 fully saturated rings. The zero-order chi connectivity index (χ0) is 14.8. The van der Waals surface area contributed by atoms with Crippen LogP contribution in [0, 0.1) is 5.92 Å². The van der Waals surface area contributed by atoms with Crippen LogP contribution in [-0.4, -0.2) is 22.4 Å². The highest BCUT2D eigenvalue weighted by Crippen LogP contribution is 2.43. The van der Waals surface area contributed by atoms with Gasteiger partial charge in [0.15, 0.2) is 5.82 Å². The predicted octanol–water partition coefficient (Wildman–Crippen LogP) is 3.19. The molecule has 7 heteroatoms. The minimum atomic E-state index is -4.13. The van der Waals surface area contributed by atoms with Gasteiger partial charge in [0.1, 0.15) is 0 Å². The van der Waals surface area contributed by atoms with Crippen molar-refractivity contribution in [1.82, 2.24) is 10.1 Å². The number of nitrogens with zero attached hydrogens (tertiary/aromatic N) is 2. The zero-order valence-corrected chi connectivity index (χ0v) is 11.5. The fraction of sp³-hybridized carbons (Fsp3) is 0.846. The van der Waals surface area contributed by atoms with Crippen LogP contribution in [0.1, 0.15) is 56.7 Å². The molecule has 1 aromatic heterocycles. The lowest BCUT2D eigenvalue weighted by Crippen LogP contribution is -2.28. The van der Waals surface area contributed by atoms with E-state index in [1.807, 2.05) is 6.92 Å². The van der Waals surface area contributed by atoms with Crippen LogP contribution < -0.4 is 5.73 Å². The van der Waals surface area contributed by atoms with Crippen molar-refractivity contribution >= 4 is 0 Å². The third kappa shape index (κ3) is 3.71. The van der Waals surface area contributed by atoms with Crippen LogP contribution in [0.25, 0.3) is 0 Å². The zero-order valence-electron chi connectivity index (χ0n) is 11.5. The number of rotatable bonds is 4. The second-order valence-corrected chi connectivity index (χ2v) is 5.52. The Hall–Kier alpha value is -1.11. The highest BCUT2D eigenvalue weighted by Gasteiger charge is 2.43. The molecule has 4 nitrogen and oxygen atoms in total. The number of hydrogen-bond donors (Lipinski definition) is 1. The fourth-order valence-corrected chi connectivity index (χ4v) is 2.61. The van der Waals surface area contributed by atoms with E-state index in [2.05, 4.69) is 10.1 Å². The van der Waals surface area contributed by atoms with Gasteiger partial charge in [-0.15, -0.1) is 0 Å². The summed E-state index contributed by atoms with van der Waals surface area (Å²) in [7, 11) is 0. The molecule has 0 saturated heterocycles. The van der Waals surface area contributed by atoms with Crippen molar-refractivity contribution in [2.75, 3.05) is 0 Å². The number of nitrogens with two attached hydrogens (primary N) is 1. The van der Waals surface area contributed by atoms with E-state index in [0.29, 0.717) is 31.0 Å². The summed E-state index contributed by atoms with van der Waals surface area (Å²) in [5, 5.41) is 3.82. The highest BCUT2D eigenvalue weighted by atomic mass is 19.4. The molecule has 0 bridgehead atoms. The molecule has 3 unspecified atom stereocenters. The summed E-state index contributed by atoms with van der Waals surface area (Å²) < 4.78 is 43.4. The minimum Gasteiger partial charge on any atom is -0.339 e. The van der Waals surface area contributed by atoms with Crippen molar-refractivity contribution in [3.8, 4) is 0 Å². The molecule has 0 aromatic carbocycles. The van der Waals surface area contributed by atoms with Gasteiger partial charge in [-0.25, -0.2) is 0 Å². The average Bonchev–Trinajstić information content (AvgIpc) is 2.86. The molecule has 1 aliphatic rings. The standard InChI is InChI=1S/C13H20F3N3O/c1-2-10(17)7-11-18-12(20-19-11)8-4-3-5-9(6-8)13(14,15)16/h8-10H,2-7,17H2,1H3. The number of aromatic nitrogens is 2. The average molecular weight is 291 g/mol. The maximum atomic E-state index is 12.8. The summed E-state index contributed by atoms with van der Waals surface area (Å²) in [5.41, 5.74) is 5.80. The van der Waals surface area contributed by atoms with Crippen LogP contribution in [0.5, 0.6) is 0 Å². The van der Waals surface area contributed by atoms with E-state index >= 15 is 0 Å². The Labute approximate surface area is 115 Å². The highest BCUT2D eigenvalue weighted by molar-refractivity contribution is 4.98. The summed E-state index contributed by atoms with van der Waals surface area (Å²) in [4.78, 5) is 4.21. The van der Waals surface area contributed by atoms with Crippen molar-refractivity contribution in [1.29, 1.82) is 0 Å². The predicted molar refractivity (Wildman–Crippen MR) is 67.0 cm³/mol. The first kappa shape index (κ1) is 15.3. The van der Waals surface area contributed by atoms with Gasteiger partial charge in [0.05, 0.1) is 5.92 Å². The SMILES string of the molecule is CCC(N)Cc1noc(C2CCCC(C(F)(F)F)C2)n1. The monoisotopic (exact) mass is 291 g/mol. The maximum Gasteiger partial charge on any atom is 0.391 e. The minimum absolute atomic E-state index is 0.0465. The number of alkyl halides is 3. The summed E-state index contributed by atoms with van der Waals surface area (Å²) in [5.74, 6) is -0.718. The van der Waals surface area contributed by atoms with Gasteiger partial charge in [-0.2, -0.15) is 18.2 Å². The summed E-state index contributed by atoms with van der Waals surface area (Å²) in [6.07, 6.45) is -1.38. The molecule has 0 aliphatic heterocycles. The molecule has 0 amide bonds. The van der Waals surface area contributed by atoms with Gasteiger partial charge in [-0.05, 0) is 25.7 Å². The second kappa shape index (κ2) is 6.11. The Morgan fingerprint density at radius 2 is 2.15 bits per heavy atom. The summed E-state index contributed by atoms with van der Waals surface area (Å²) in [6.45, 7) is 1.96. The van der Waals surface area contributed by atoms with Gasteiger partial charge < -0.3 is 10.3 Å². The van der Waals surface area contributed by atoms with Crippen LogP contribution in [0.2, 0.25) is 0 Å². The molecule has 0 spiro atoms. The van der Waals surface area contributed by atoms with Crippen LogP contribution >= 0.6 is 0 Å². The topological polar surface area (TPSA) is 64.9 Å². The fourth-order valence-electron chi connectivity index (χ4n) is 2.61. The first-order chi connectivity index (χ1) is 9.40.